The Bertz CT molecular complexity index is 266. The summed E-state index contributed by atoms with van der Waals surface area (Å²) in [6, 6.07) is 0.514. The Morgan fingerprint density at radius 1 is 1.57 bits per heavy atom. The van der Waals surface area contributed by atoms with E-state index in [1.165, 1.54) is 0 Å². The van der Waals surface area contributed by atoms with Gasteiger partial charge in [0.2, 0.25) is 10.0 Å². The van der Waals surface area contributed by atoms with E-state index in [0.29, 0.717) is 12.5 Å². The van der Waals surface area contributed by atoms with E-state index in [2.05, 4.69) is 17.3 Å². The maximum Gasteiger partial charge on any atom is 0.209 e. The molecule has 0 aromatic carbocycles. The van der Waals surface area contributed by atoms with Crippen molar-refractivity contribution in [3.63, 3.8) is 0 Å². The highest BCUT2D eigenvalue weighted by molar-refractivity contribution is 7.89. The monoisotopic (exact) mass is 221 g/mol. The van der Waals surface area contributed by atoms with Crippen molar-refractivity contribution < 1.29 is 8.42 Å². The van der Waals surface area contributed by atoms with Crippen molar-refractivity contribution in [2.75, 3.05) is 32.4 Å². The molecule has 0 aromatic heterocycles. The minimum absolute atomic E-state index is 0.0720. The van der Waals surface area contributed by atoms with Gasteiger partial charge in [0.25, 0.3) is 0 Å². The largest absolute Gasteiger partial charge is 0.313 e. The summed E-state index contributed by atoms with van der Waals surface area (Å²) in [5.41, 5.74) is 0. The summed E-state index contributed by atoms with van der Waals surface area (Å²) < 4.78 is 21.2. The Morgan fingerprint density at radius 3 is 2.79 bits per heavy atom. The fraction of sp³-hybridized carbons (Fsp3) is 1.00. The minimum atomic E-state index is -3.28. The third kappa shape index (κ3) is 4.90. The van der Waals surface area contributed by atoms with E-state index < -0.39 is 10.0 Å². The van der Waals surface area contributed by atoms with Crippen LogP contribution >= 0.6 is 0 Å². The van der Waals surface area contributed by atoms with Gasteiger partial charge in [-0.25, -0.2) is 13.6 Å². The van der Waals surface area contributed by atoms with Gasteiger partial charge in [-0.1, -0.05) is 0 Å². The van der Waals surface area contributed by atoms with Crippen molar-refractivity contribution >= 4 is 10.0 Å². The molecule has 6 heteroatoms. The summed E-state index contributed by atoms with van der Waals surface area (Å²) in [5, 5.41) is 8.21. The van der Waals surface area contributed by atoms with E-state index in [1.807, 2.05) is 0 Å². The molecule has 0 aliphatic carbocycles. The molecule has 14 heavy (non-hydrogen) atoms. The molecule has 0 radical (unpaired) electrons. The first-order valence-corrected chi connectivity index (χ1v) is 6.61. The molecule has 1 aliphatic rings. The second-order valence-electron chi connectivity index (χ2n) is 3.92. The zero-order valence-electron chi connectivity index (χ0n) is 8.57. The molecule has 0 saturated carbocycles. The molecule has 84 valence electrons. The van der Waals surface area contributed by atoms with Crippen LogP contribution in [0, 0.1) is 0 Å². The van der Waals surface area contributed by atoms with Crippen LogP contribution in [-0.4, -0.2) is 51.8 Å². The predicted molar refractivity (Wildman–Crippen MR) is 56.5 cm³/mol. The number of likely N-dealkylation sites (N-methyl/N-ethyl adjacent to an activating group) is 1. The molecule has 0 aromatic rings. The summed E-state index contributed by atoms with van der Waals surface area (Å²) in [6.07, 6.45) is 1.74. The number of primary sulfonamides is 1. The molecule has 1 unspecified atom stereocenters. The Hall–Kier alpha value is -0.170. The molecule has 1 rings (SSSR count). The van der Waals surface area contributed by atoms with Gasteiger partial charge in [-0.05, 0) is 33.0 Å². The van der Waals surface area contributed by atoms with Crippen molar-refractivity contribution in [3.8, 4) is 0 Å². The summed E-state index contributed by atoms with van der Waals surface area (Å²) in [5.74, 6) is 0.0720. The molecule has 0 spiro atoms. The summed E-state index contributed by atoms with van der Waals surface area (Å²) in [6.45, 7) is 2.90. The Kier molecular flexibility index (Phi) is 4.31. The SMILES string of the molecule is CN1CCC(NCCCS(N)(=O)=O)C1. The van der Waals surface area contributed by atoms with Crippen molar-refractivity contribution in [2.24, 2.45) is 5.14 Å². The van der Waals surface area contributed by atoms with E-state index in [9.17, 15) is 8.42 Å². The third-order valence-electron chi connectivity index (χ3n) is 2.43. The lowest BCUT2D eigenvalue weighted by Gasteiger charge is -2.11. The van der Waals surface area contributed by atoms with Gasteiger partial charge in [-0.15, -0.1) is 0 Å². The quantitative estimate of drug-likeness (QED) is 0.581. The van der Waals surface area contributed by atoms with Gasteiger partial charge >= 0.3 is 0 Å². The Labute approximate surface area is 85.7 Å². The summed E-state index contributed by atoms with van der Waals surface area (Å²) >= 11 is 0. The molecule has 1 fully saturated rings. The van der Waals surface area contributed by atoms with E-state index in [-0.39, 0.29) is 5.75 Å². The third-order valence-corrected chi connectivity index (χ3v) is 3.29. The van der Waals surface area contributed by atoms with Crippen molar-refractivity contribution in [1.82, 2.24) is 10.2 Å². The van der Waals surface area contributed by atoms with Crippen LogP contribution in [0.5, 0.6) is 0 Å². The van der Waals surface area contributed by atoms with Gasteiger partial charge in [0.05, 0.1) is 5.75 Å². The smallest absolute Gasteiger partial charge is 0.209 e. The topological polar surface area (TPSA) is 75.4 Å². The highest BCUT2D eigenvalue weighted by Gasteiger charge is 2.18. The first kappa shape index (κ1) is 11.9. The Morgan fingerprint density at radius 2 is 2.29 bits per heavy atom. The van der Waals surface area contributed by atoms with Crippen molar-refractivity contribution in [2.45, 2.75) is 18.9 Å². The van der Waals surface area contributed by atoms with Crippen molar-refractivity contribution in [1.29, 1.82) is 0 Å². The molecule has 0 bridgehead atoms. The maximum absolute atomic E-state index is 10.6. The molecule has 0 amide bonds. The molecule has 1 heterocycles. The van der Waals surface area contributed by atoms with E-state index in [1.54, 1.807) is 0 Å². The normalized spacial score (nSPS) is 24.3. The average molecular weight is 221 g/mol. The second kappa shape index (κ2) is 5.06. The summed E-state index contributed by atoms with van der Waals surface area (Å²) in [7, 11) is -1.19. The molecule has 1 saturated heterocycles. The molecule has 5 nitrogen and oxygen atoms in total. The molecular formula is C8H19N3O2S. The average Bonchev–Trinajstić information content (AvgIpc) is 2.44. The zero-order valence-corrected chi connectivity index (χ0v) is 9.39. The number of likely N-dealkylation sites (tertiary alicyclic amines) is 1. The highest BCUT2D eigenvalue weighted by Crippen LogP contribution is 2.05. The zero-order chi connectivity index (χ0) is 10.6. The van der Waals surface area contributed by atoms with Crippen LogP contribution in [0.15, 0.2) is 0 Å². The lowest BCUT2D eigenvalue weighted by molar-refractivity contribution is 0.398. The number of rotatable bonds is 5. The van der Waals surface area contributed by atoms with Crippen LogP contribution in [0.4, 0.5) is 0 Å². The van der Waals surface area contributed by atoms with Crippen LogP contribution in [-0.2, 0) is 10.0 Å². The number of nitrogens with one attached hydrogen (secondary N) is 1. The van der Waals surface area contributed by atoms with Gasteiger partial charge in [0.15, 0.2) is 0 Å². The number of sulfonamides is 1. The van der Waals surface area contributed by atoms with Crippen molar-refractivity contribution in [3.05, 3.63) is 0 Å². The van der Waals surface area contributed by atoms with Gasteiger partial charge < -0.3 is 10.2 Å². The maximum atomic E-state index is 10.6. The van der Waals surface area contributed by atoms with Crippen LogP contribution in [0.3, 0.4) is 0 Å². The first-order chi connectivity index (χ1) is 6.47. The Balaban J connectivity index is 2.05. The number of hydrogen-bond acceptors (Lipinski definition) is 4. The minimum Gasteiger partial charge on any atom is -0.313 e. The fourth-order valence-electron chi connectivity index (χ4n) is 1.68. The van der Waals surface area contributed by atoms with Crippen LogP contribution < -0.4 is 10.5 Å². The predicted octanol–water partition coefficient (Wildman–Crippen LogP) is -1.04. The molecule has 1 aliphatic heterocycles. The highest BCUT2D eigenvalue weighted by atomic mass is 32.2. The van der Waals surface area contributed by atoms with Crippen LogP contribution in [0.25, 0.3) is 0 Å². The fourth-order valence-corrected chi connectivity index (χ4v) is 2.23. The standard InChI is InChI=1S/C8H19N3O2S/c1-11-5-3-8(7-11)10-4-2-6-14(9,12)13/h8,10H,2-7H2,1H3,(H2,9,12,13). The lowest BCUT2D eigenvalue weighted by atomic mass is 10.2. The lowest BCUT2D eigenvalue weighted by Crippen LogP contribution is -2.33. The van der Waals surface area contributed by atoms with Crippen LogP contribution in [0.2, 0.25) is 0 Å². The van der Waals surface area contributed by atoms with Gasteiger partial charge in [-0.2, -0.15) is 0 Å². The van der Waals surface area contributed by atoms with Crippen LogP contribution in [0.1, 0.15) is 12.8 Å². The van der Waals surface area contributed by atoms with Gasteiger partial charge in [0.1, 0.15) is 0 Å². The number of nitrogens with two attached hydrogens (primary N) is 1. The first-order valence-electron chi connectivity index (χ1n) is 4.90. The number of nitrogens with zero attached hydrogens (tertiary/aromatic N) is 1. The van der Waals surface area contributed by atoms with Gasteiger partial charge in [0, 0.05) is 12.6 Å². The van der Waals surface area contributed by atoms with Gasteiger partial charge in [-0.3, -0.25) is 0 Å². The molecule has 3 N–H and O–H groups in total. The van der Waals surface area contributed by atoms with E-state index in [4.69, 9.17) is 5.14 Å². The second-order valence-corrected chi connectivity index (χ2v) is 5.66. The van der Waals surface area contributed by atoms with E-state index in [0.717, 1.165) is 26.1 Å². The molecular weight excluding hydrogens is 202 g/mol. The molecule has 1 atom stereocenters. The van der Waals surface area contributed by atoms with E-state index >= 15 is 0 Å². The number of hydrogen-bond donors (Lipinski definition) is 2. The summed E-state index contributed by atoms with van der Waals surface area (Å²) in [4.78, 5) is 2.26.